The van der Waals surface area contributed by atoms with Crippen LogP contribution in [-0.2, 0) is 16.1 Å². The van der Waals surface area contributed by atoms with Gasteiger partial charge in [0.05, 0.1) is 6.61 Å². The van der Waals surface area contributed by atoms with E-state index in [-0.39, 0.29) is 12.5 Å². The van der Waals surface area contributed by atoms with Crippen LogP contribution in [0.4, 0.5) is 0 Å². The second kappa shape index (κ2) is 6.74. The normalized spacial score (nSPS) is 9.78. The fourth-order valence-corrected chi connectivity index (χ4v) is 1.66. The molecule has 98 valence electrons. The van der Waals surface area contributed by atoms with Gasteiger partial charge >= 0.3 is 5.97 Å². The zero-order valence-corrected chi connectivity index (χ0v) is 11.3. The lowest BCUT2D eigenvalue weighted by molar-refractivity contribution is -0.143. The molecule has 0 aliphatic carbocycles. The minimum atomic E-state index is -0.252. The van der Waals surface area contributed by atoms with E-state index in [4.69, 9.17) is 4.74 Å². The van der Waals surface area contributed by atoms with Gasteiger partial charge in [-0.05, 0) is 19.4 Å². The SMILES string of the molecule is CC.CCOC(=O)Cn1cc(C)c2cncnc21. The maximum absolute atomic E-state index is 11.4. The average molecular weight is 249 g/mol. The molecule has 0 unspecified atom stereocenters. The monoisotopic (exact) mass is 249 g/mol. The Kier molecular flexibility index (Phi) is 5.30. The minimum Gasteiger partial charge on any atom is -0.465 e. The zero-order valence-electron chi connectivity index (χ0n) is 11.3. The van der Waals surface area contributed by atoms with Crippen LogP contribution in [0.25, 0.3) is 11.0 Å². The van der Waals surface area contributed by atoms with Crippen molar-refractivity contribution in [3.63, 3.8) is 0 Å². The lowest BCUT2D eigenvalue weighted by Gasteiger charge is -2.03. The Morgan fingerprint density at radius 3 is 2.83 bits per heavy atom. The number of nitrogens with zero attached hydrogens (tertiary/aromatic N) is 3. The molecule has 2 aromatic heterocycles. The summed E-state index contributed by atoms with van der Waals surface area (Å²) in [5.74, 6) is -0.252. The summed E-state index contributed by atoms with van der Waals surface area (Å²) in [5, 5.41) is 0.965. The van der Waals surface area contributed by atoms with Crippen molar-refractivity contribution in [2.75, 3.05) is 6.61 Å². The zero-order chi connectivity index (χ0) is 13.5. The quantitative estimate of drug-likeness (QED) is 0.783. The van der Waals surface area contributed by atoms with E-state index >= 15 is 0 Å². The third-order valence-electron chi connectivity index (χ3n) is 2.34. The molecule has 0 fully saturated rings. The standard InChI is InChI=1S/C11H13N3O2.C2H6/c1-3-16-10(15)6-14-5-8(2)9-4-12-7-13-11(9)14;1-2/h4-5,7H,3,6H2,1-2H3;1-2H3. The van der Waals surface area contributed by atoms with Crippen molar-refractivity contribution in [3.8, 4) is 0 Å². The van der Waals surface area contributed by atoms with Crippen molar-refractivity contribution in [1.29, 1.82) is 0 Å². The van der Waals surface area contributed by atoms with Crippen LogP contribution >= 0.6 is 0 Å². The Balaban J connectivity index is 0.000000771. The molecule has 2 heterocycles. The lowest BCUT2D eigenvalue weighted by atomic mass is 10.3. The van der Waals surface area contributed by atoms with E-state index in [0.29, 0.717) is 6.61 Å². The second-order valence-corrected chi connectivity index (χ2v) is 3.51. The van der Waals surface area contributed by atoms with Crippen LogP contribution in [-0.4, -0.2) is 27.1 Å². The van der Waals surface area contributed by atoms with Crippen molar-refractivity contribution < 1.29 is 9.53 Å². The van der Waals surface area contributed by atoms with Gasteiger partial charge in [-0.15, -0.1) is 0 Å². The summed E-state index contributed by atoms with van der Waals surface area (Å²) in [7, 11) is 0. The molecule has 0 radical (unpaired) electrons. The maximum Gasteiger partial charge on any atom is 0.325 e. The maximum atomic E-state index is 11.4. The van der Waals surface area contributed by atoms with Crippen LogP contribution in [0.5, 0.6) is 0 Å². The second-order valence-electron chi connectivity index (χ2n) is 3.51. The first-order chi connectivity index (χ1) is 8.72. The highest BCUT2D eigenvalue weighted by molar-refractivity contribution is 5.81. The van der Waals surface area contributed by atoms with Crippen molar-refractivity contribution >= 4 is 17.0 Å². The molecule has 0 atom stereocenters. The van der Waals surface area contributed by atoms with E-state index in [1.54, 1.807) is 17.7 Å². The van der Waals surface area contributed by atoms with Gasteiger partial charge in [-0.3, -0.25) is 4.79 Å². The molecule has 0 saturated heterocycles. The molecule has 5 nitrogen and oxygen atoms in total. The van der Waals surface area contributed by atoms with Crippen molar-refractivity contribution in [2.24, 2.45) is 0 Å². The van der Waals surface area contributed by atoms with Crippen molar-refractivity contribution in [2.45, 2.75) is 34.2 Å². The average Bonchev–Trinajstić information content (AvgIpc) is 2.70. The molecular formula is C13H19N3O2. The van der Waals surface area contributed by atoms with Gasteiger partial charge in [0.2, 0.25) is 0 Å². The minimum absolute atomic E-state index is 0.190. The highest BCUT2D eigenvalue weighted by Gasteiger charge is 2.10. The molecule has 18 heavy (non-hydrogen) atoms. The molecule has 0 aliphatic rings. The predicted molar refractivity (Wildman–Crippen MR) is 70.2 cm³/mol. The molecular weight excluding hydrogens is 230 g/mol. The van der Waals surface area contributed by atoms with Crippen molar-refractivity contribution in [3.05, 3.63) is 24.3 Å². The summed E-state index contributed by atoms with van der Waals surface area (Å²) in [6.07, 6.45) is 5.11. The molecule has 0 amide bonds. The number of carbonyl (C=O) groups is 1. The molecule has 2 aromatic rings. The summed E-state index contributed by atoms with van der Waals surface area (Å²) >= 11 is 0. The number of fused-ring (bicyclic) bond motifs is 1. The number of ether oxygens (including phenoxy) is 1. The van der Waals surface area contributed by atoms with Gasteiger partial charge in [0.15, 0.2) is 0 Å². The summed E-state index contributed by atoms with van der Waals surface area (Å²) in [6, 6.07) is 0. The Morgan fingerprint density at radius 1 is 1.44 bits per heavy atom. The fourth-order valence-electron chi connectivity index (χ4n) is 1.66. The van der Waals surface area contributed by atoms with E-state index in [2.05, 4.69) is 9.97 Å². The van der Waals surface area contributed by atoms with Gasteiger partial charge in [0, 0.05) is 17.8 Å². The molecule has 0 aromatic carbocycles. The van der Waals surface area contributed by atoms with Gasteiger partial charge in [-0.1, -0.05) is 13.8 Å². The van der Waals surface area contributed by atoms with E-state index in [1.165, 1.54) is 6.33 Å². The van der Waals surface area contributed by atoms with Gasteiger partial charge < -0.3 is 9.30 Å². The van der Waals surface area contributed by atoms with Gasteiger partial charge in [-0.25, -0.2) is 9.97 Å². The Morgan fingerprint density at radius 2 is 2.17 bits per heavy atom. The Hall–Kier alpha value is -1.91. The number of aryl methyl sites for hydroxylation is 1. The molecule has 5 heteroatoms. The highest BCUT2D eigenvalue weighted by atomic mass is 16.5. The number of esters is 1. The first kappa shape index (κ1) is 14.2. The van der Waals surface area contributed by atoms with Crippen LogP contribution in [0.2, 0.25) is 0 Å². The number of carbonyl (C=O) groups excluding carboxylic acids is 1. The molecule has 0 saturated carbocycles. The molecule has 0 N–H and O–H groups in total. The summed E-state index contributed by atoms with van der Waals surface area (Å²) in [5.41, 5.74) is 1.82. The topological polar surface area (TPSA) is 57.0 Å². The number of rotatable bonds is 3. The van der Waals surface area contributed by atoms with Gasteiger partial charge in [0.25, 0.3) is 0 Å². The van der Waals surface area contributed by atoms with Crippen LogP contribution in [0.1, 0.15) is 26.3 Å². The van der Waals surface area contributed by atoms with Crippen LogP contribution in [0.15, 0.2) is 18.7 Å². The number of hydrogen-bond acceptors (Lipinski definition) is 4. The molecule has 0 bridgehead atoms. The molecule has 0 spiro atoms. The first-order valence-corrected chi connectivity index (χ1v) is 6.13. The summed E-state index contributed by atoms with van der Waals surface area (Å²) < 4.78 is 6.68. The van der Waals surface area contributed by atoms with E-state index in [1.807, 2.05) is 27.0 Å². The predicted octanol–water partition coefficient (Wildman–Crippen LogP) is 2.33. The van der Waals surface area contributed by atoms with Gasteiger partial charge in [-0.2, -0.15) is 0 Å². The first-order valence-electron chi connectivity index (χ1n) is 6.13. The largest absolute Gasteiger partial charge is 0.465 e. The van der Waals surface area contributed by atoms with Crippen LogP contribution in [0, 0.1) is 6.92 Å². The van der Waals surface area contributed by atoms with E-state index in [9.17, 15) is 4.79 Å². The third-order valence-corrected chi connectivity index (χ3v) is 2.34. The fraction of sp³-hybridized carbons (Fsp3) is 0.462. The number of hydrogen-bond donors (Lipinski definition) is 0. The van der Waals surface area contributed by atoms with Crippen LogP contribution < -0.4 is 0 Å². The highest BCUT2D eigenvalue weighted by Crippen LogP contribution is 2.16. The molecule has 0 aliphatic heterocycles. The molecule has 2 rings (SSSR count). The lowest BCUT2D eigenvalue weighted by Crippen LogP contribution is -2.12. The summed E-state index contributed by atoms with van der Waals surface area (Å²) in [4.78, 5) is 19.5. The van der Waals surface area contributed by atoms with E-state index < -0.39 is 0 Å². The Labute approximate surface area is 107 Å². The smallest absolute Gasteiger partial charge is 0.325 e. The third kappa shape index (κ3) is 3.06. The van der Waals surface area contributed by atoms with Crippen molar-refractivity contribution in [1.82, 2.24) is 14.5 Å². The summed E-state index contributed by atoms with van der Waals surface area (Å²) in [6.45, 7) is 8.34. The number of aromatic nitrogens is 3. The van der Waals surface area contributed by atoms with Gasteiger partial charge in [0.1, 0.15) is 18.5 Å². The Bertz CT molecular complexity index is 520. The van der Waals surface area contributed by atoms with E-state index in [0.717, 1.165) is 16.6 Å². The van der Waals surface area contributed by atoms with Crippen LogP contribution in [0.3, 0.4) is 0 Å².